The van der Waals surface area contributed by atoms with Gasteiger partial charge in [0.05, 0.1) is 24.0 Å². The van der Waals surface area contributed by atoms with Crippen molar-refractivity contribution in [3.63, 3.8) is 0 Å². The number of hydrogen-bond donors (Lipinski definition) is 3. The molecule has 2 aromatic heterocycles. The number of carbonyl (C=O) groups excluding carboxylic acids is 2. The average molecular weight is 444 g/mol. The second-order valence-corrected chi connectivity index (χ2v) is 8.08. The van der Waals surface area contributed by atoms with Gasteiger partial charge < -0.3 is 15.4 Å². The maximum atomic E-state index is 12.7. The summed E-state index contributed by atoms with van der Waals surface area (Å²) in [6.45, 7) is 6.11. The summed E-state index contributed by atoms with van der Waals surface area (Å²) in [7, 11) is 2.97. The number of aromatic nitrogens is 2. The van der Waals surface area contributed by atoms with E-state index in [4.69, 9.17) is 9.57 Å². The molecule has 1 unspecified atom stereocenters. The highest BCUT2D eigenvalue weighted by Gasteiger charge is 2.21. The van der Waals surface area contributed by atoms with Crippen LogP contribution in [0.1, 0.15) is 38.1 Å². The van der Waals surface area contributed by atoms with Gasteiger partial charge in [0, 0.05) is 24.4 Å². The molecule has 164 valence electrons. The van der Waals surface area contributed by atoms with Gasteiger partial charge in [-0.2, -0.15) is 0 Å². The zero-order valence-electron chi connectivity index (χ0n) is 18.0. The predicted octanol–water partition coefficient (Wildman–Crippen LogP) is 3.11. The van der Waals surface area contributed by atoms with Crippen LogP contribution in [0.4, 0.5) is 11.5 Å². The minimum absolute atomic E-state index is 0.116. The number of nitrogens with zero attached hydrogens (tertiary/aromatic N) is 2. The Morgan fingerprint density at radius 3 is 2.65 bits per heavy atom. The second-order valence-electron chi connectivity index (χ2n) is 7.08. The van der Waals surface area contributed by atoms with E-state index in [1.165, 1.54) is 24.8 Å². The van der Waals surface area contributed by atoms with E-state index in [0.717, 1.165) is 16.5 Å². The first kappa shape index (κ1) is 22.6. The van der Waals surface area contributed by atoms with Crippen LogP contribution in [0.25, 0.3) is 10.2 Å². The van der Waals surface area contributed by atoms with Crippen LogP contribution in [0.5, 0.6) is 0 Å². The molecule has 9 nitrogen and oxygen atoms in total. The van der Waals surface area contributed by atoms with E-state index < -0.39 is 0 Å². The lowest BCUT2D eigenvalue weighted by molar-refractivity contribution is 0.0537. The SMILES string of the molecule is COCC(C)NC(=O)c1sc2ncnc(Nc3cc(C(=O)NOC)ccc3C)c2c1C. The summed E-state index contributed by atoms with van der Waals surface area (Å²) in [6.07, 6.45) is 1.45. The van der Waals surface area contributed by atoms with Crippen LogP contribution in [0.3, 0.4) is 0 Å². The van der Waals surface area contributed by atoms with Crippen molar-refractivity contribution < 1.29 is 19.2 Å². The third kappa shape index (κ3) is 4.98. The smallest absolute Gasteiger partial charge is 0.274 e. The Balaban J connectivity index is 1.96. The highest BCUT2D eigenvalue weighted by Crippen LogP contribution is 2.35. The number of hydrogen-bond acceptors (Lipinski definition) is 8. The molecule has 31 heavy (non-hydrogen) atoms. The molecule has 1 aromatic carbocycles. The van der Waals surface area contributed by atoms with Gasteiger partial charge in [0.15, 0.2) is 0 Å². The zero-order chi connectivity index (χ0) is 22.5. The number of aryl methyl sites for hydroxylation is 2. The summed E-state index contributed by atoms with van der Waals surface area (Å²) in [6, 6.07) is 5.15. The van der Waals surface area contributed by atoms with Crippen molar-refractivity contribution in [1.29, 1.82) is 0 Å². The molecule has 0 saturated carbocycles. The van der Waals surface area contributed by atoms with Crippen LogP contribution in [0, 0.1) is 13.8 Å². The number of anilines is 2. The van der Waals surface area contributed by atoms with Gasteiger partial charge in [0.1, 0.15) is 17.0 Å². The molecule has 3 aromatic rings. The fourth-order valence-electron chi connectivity index (χ4n) is 3.14. The van der Waals surface area contributed by atoms with Gasteiger partial charge in [-0.1, -0.05) is 6.07 Å². The molecule has 0 aliphatic carbocycles. The topological polar surface area (TPSA) is 114 Å². The second kappa shape index (κ2) is 9.82. The van der Waals surface area contributed by atoms with E-state index in [1.54, 1.807) is 19.2 Å². The van der Waals surface area contributed by atoms with Crippen molar-refractivity contribution in [3.8, 4) is 0 Å². The molecule has 3 N–H and O–H groups in total. The molecule has 0 bridgehead atoms. The number of nitrogens with one attached hydrogen (secondary N) is 3. The van der Waals surface area contributed by atoms with E-state index in [0.29, 0.717) is 33.4 Å². The monoisotopic (exact) mass is 443 g/mol. The quantitative estimate of drug-likeness (QED) is 0.458. The number of amides is 2. The molecule has 2 amide bonds. The Hall–Kier alpha value is -3.08. The van der Waals surface area contributed by atoms with Crippen molar-refractivity contribution in [1.82, 2.24) is 20.8 Å². The van der Waals surface area contributed by atoms with Crippen LogP contribution in [0.15, 0.2) is 24.5 Å². The minimum Gasteiger partial charge on any atom is -0.383 e. The number of ether oxygens (including phenoxy) is 1. The number of benzene rings is 1. The van der Waals surface area contributed by atoms with Crippen molar-refractivity contribution >= 4 is 44.9 Å². The lowest BCUT2D eigenvalue weighted by atomic mass is 10.1. The van der Waals surface area contributed by atoms with E-state index in [9.17, 15) is 9.59 Å². The summed E-state index contributed by atoms with van der Waals surface area (Å²) >= 11 is 1.31. The molecular weight excluding hydrogens is 418 g/mol. The normalized spacial score (nSPS) is 11.9. The van der Waals surface area contributed by atoms with Crippen LogP contribution >= 0.6 is 11.3 Å². The number of fused-ring (bicyclic) bond motifs is 1. The highest BCUT2D eigenvalue weighted by atomic mass is 32.1. The number of hydroxylamine groups is 1. The summed E-state index contributed by atoms with van der Waals surface area (Å²) in [5.74, 6) is 0.0368. The molecule has 1 atom stereocenters. The van der Waals surface area contributed by atoms with Gasteiger partial charge in [-0.25, -0.2) is 15.4 Å². The Labute approximate surface area is 184 Å². The lowest BCUT2D eigenvalue weighted by Gasteiger charge is -2.13. The van der Waals surface area contributed by atoms with E-state index in [-0.39, 0.29) is 17.9 Å². The van der Waals surface area contributed by atoms with Crippen LogP contribution in [0.2, 0.25) is 0 Å². The molecule has 0 aliphatic rings. The first-order valence-electron chi connectivity index (χ1n) is 9.60. The van der Waals surface area contributed by atoms with Gasteiger partial charge >= 0.3 is 0 Å². The van der Waals surface area contributed by atoms with E-state index in [2.05, 4.69) is 26.1 Å². The molecule has 0 saturated heterocycles. The molecule has 0 fully saturated rings. The van der Waals surface area contributed by atoms with Crippen LogP contribution < -0.4 is 16.1 Å². The van der Waals surface area contributed by atoms with Crippen molar-refractivity contribution in [2.24, 2.45) is 0 Å². The first-order valence-corrected chi connectivity index (χ1v) is 10.4. The highest BCUT2D eigenvalue weighted by molar-refractivity contribution is 7.20. The maximum Gasteiger partial charge on any atom is 0.274 e. The average Bonchev–Trinajstić information content (AvgIpc) is 3.07. The number of rotatable bonds is 8. The van der Waals surface area contributed by atoms with Gasteiger partial charge in [0.2, 0.25) is 0 Å². The molecular formula is C21H25N5O4S. The lowest BCUT2D eigenvalue weighted by Crippen LogP contribution is -2.35. The fourth-order valence-corrected chi connectivity index (χ4v) is 4.19. The van der Waals surface area contributed by atoms with Crippen LogP contribution in [-0.2, 0) is 9.57 Å². The van der Waals surface area contributed by atoms with Crippen molar-refractivity contribution in [2.45, 2.75) is 26.8 Å². The Kier molecular flexibility index (Phi) is 7.16. The fraction of sp³-hybridized carbons (Fsp3) is 0.333. The van der Waals surface area contributed by atoms with E-state index in [1.807, 2.05) is 26.8 Å². The first-order chi connectivity index (χ1) is 14.8. The summed E-state index contributed by atoms with van der Waals surface area (Å²) < 4.78 is 5.09. The number of methoxy groups -OCH3 is 1. The largest absolute Gasteiger partial charge is 0.383 e. The molecule has 0 aliphatic heterocycles. The van der Waals surface area contributed by atoms with Crippen LogP contribution in [-0.4, -0.2) is 48.7 Å². The van der Waals surface area contributed by atoms with Crippen molar-refractivity contribution in [2.75, 3.05) is 26.1 Å². The third-order valence-corrected chi connectivity index (χ3v) is 5.87. The van der Waals surface area contributed by atoms with Crippen molar-refractivity contribution in [3.05, 3.63) is 46.1 Å². The van der Waals surface area contributed by atoms with E-state index >= 15 is 0 Å². The maximum absolute atomic E-state index is 12.7. The Bertz CT molecular complexity index is 1110. The van der Waals surface area contributed by atoms with Gasteiger partial charge in [-0.15, -0.1) is 11.3 Å². The molecule has 0 spiro atoms. The standard InChI is InChI=1S/C21H25N5O4S/c1-11-6-7-14(19(27)26-30-5)8-15(11)25-18-16-13(3)17(31-21(16)23-10-22-18)20(28)24-12(2)9-29-4/h6-8,10,12H,9H2,1-5H3,(H,24,28)(H,26,27)(H,22,23,25). The van der Waals surface area contributed by atoms with Gasteiger partial charge in [-0.05, 0) is 44.0 Å². The Morgan fingerprint density at radius 2 is 1.94 bits per heavy atom. The Morgan fingerprint density at radius 1 is 1.16 bits per heavy atom. The third-order valence-electron chi connectivity index (χ3n) is 4.67. The minimum atomic E-state index is -0.353. The summed E-state index contributed by atoms with van der Waals surface area (Å²) in [5.41, 5.74) is 5.18. The van der Waals surface area contributed by atoms with Gasteiger partial charge in [0.25, 0.3) is 11.8 Å². The van der Waals surface area contributed by atoms with Gasteiger partial charge in [-0.3, -0.25) is 14.4 Å². The molecule has 10 heteroatoms. The molecule has 0 radical (unpaired) electrons. The summed E-state index contributed by atoms with van der Waals surface area (Å²) in [5, 5.41) is 6.99. The molecule has 3 rings (SSSR count). The predicted molar refractivity (Wildman–Crippen MR) is 120 cm³/mol. The number of thiophene rings is 1. The summed E-state index contributed by atoms with van der Waals surface area (Å²) in [4.78, 5) is 39.5. The zero-order valence-corrected chi connectivity index (χ0v) is 18.8. The molecule has 2 heterocycles. The number of carbonyl (C=O) groups is 2.